The van der Waals surface area contributed by atoms with Crippen LogP contribution < -0.4 is 72.7 Å². The van der Waals surface area contributed by atoms with Crippen LogP contribution in [-0.4, -0.2) is 214 Å². The molecule has 21 rings (SSSR count). The van der Waals surface area contributed by atoms with Crippen LogP contribution in [0.1, 0.15) is 130 Å². The Kier molecular flexibility index (Phi) is 26.9. The minimum Gasteiger partial charge on any atom is -0.496 e. The predicted octanol–water partition coefficient (Wildman–Crippen LogP) is 10.6. The molecule has 5 saturated heterocycles. The number of ether oxygens (including phenoxy) is 3. The molecule has 15 aromatic rings. The number of nitrogens with one attached hydrogen (secondary N) is 5. The summed E-state index contributed by atoms with van der Waals surface area (Å²) >= 11 is 0. The van der Waals surface area contributed by atoms with E-state index in [2.05, 4.69) is 99.3 Å². The summed E-state index contributed by atoms with van der Waals surface area (Å²) in [6, 6.07) is 47.8. The minimum atomic E-state index is -0.625. The maximum Gasteiger partial charge on any atom is 0.255 e. The van der Waals surface area contributed by atoms with Gasteiger partial charge in [0.1, 0.15) is 106 Å². The Balaban J connectivity index is 0.000000143. The summed E-state index contributed by atoms with van der Waals surface area (Å²) in [6.07, 6.45) is 11.9. The number of hydrogen-bond acceptors (Lipinski definition) is 29. The zero-order valence-electron chi connectivity index (χ0n) is 77.0. The number of methoxy groups -OCH3 is 3. The highest BCUT2D eigenvalue weighted by Gasteiger charge is 2.41. The van der Waals surface area contributed by atoms with Crippen molar-refractivity contribution in [2.75, 3.05) is 119 Å². The number of piperidine rings is 1. The Morgan fingerprint density at radius 3 is 1.31 bits per heavy atom. The molecule has 0 aliphatic carbocycles. The van der Waals surface area contributed by atoms with Gasteiger partial charge in [0.15, 0.2) is 23.2 Å². The molecule has 0 saturated carbocycles. The lowest BCUT2D eigenvalue weighted by Crippen LogP contribution is -2.52. The number of piperazine rings is 1. The molecular weight excluding hydrogens is 1810 g/mol. The summed E-state index contributed by atoms with van der Waals surface area (Å²) in [5, 5.41) is 31.1. The molecule has 7 aromatic carbocycles. The molecule has 3 unspecified atom stereocenters. The van der Waals surface area contributed by atoms with E-state index in [0.29, 0.717) is 105 Å². The first-order valence-corrected chi connectivity index (χ1v) is 46.0. The second kappa shape index (κ2) is 40.8. The van der Waals surface area contributed by atoms with Crippen LogP contribution >= 0.6 is 0 Å². The van der Waals surface area contributed by atoms with Crippen LogP contribution in [0.5, 0.6) is 17.2 Å². The van der Waals surface area contributed by atoms with Gasteiger partial charge in [0, 0.05) is 144 Å². The third-order valence-corrected chi connectivity index (χ3v) is 26.2. The second-order valence-electron chi connectivity index (χ2n) is 34.9. The zero-order valence-corrected chi connectivity index (χ0v) is 77.0. The molecule has 6 aliphatic heterocycles. The Bertz CT molecular complexity index is 7260. The average Bonchev–Trinajstić information content (AvgIpc) is 1.61. The smallest absolute Gasteiger partial charge is 0.255 e. The largest absolute Gasteiger partial charge is 0.496 e. The van der Waals surface area contributed by atoms with E-state index >= 15 is 0 Å². The molecule has 718 valence electrons. The van der Waals surface area contributed by atoms with Crippen molar-refractivity contribution in [2.24, 2.45) is 0 Å². The highest BCUT2D eigenvalue weighted by atomic mass is 19.1. The number of amides is 6. The van der Waals surface area contributed by atoms with Crippen LogP contribution in [0.3, 0.4) is 0 Å². The lowest BCUT2D eigenvalue weighted by molar-refractivity contribution is -0.137. The number of nitrogens with zero attached hydrogens (tertiary/aromatic N) is 19. The molecule has 40 heteroatoms. The number of imide groups is 1. The van der Waals surface area contributed by atoms with Crippen molar-refractivity contribution in [1.29, 1.82) is 0 Å². The van der Waals surface area contributed by atoms with Gasteiger partial charge in [-0.2, -0.15) is 15.3 Å². The number of nitrogen functional groups attached to an aromatic ring is 3. The number of pyridine rings is 2. The van der Waals surface area contributed by atoms with Gasteiger partial charge in [0.25, 0.3) is 23.6 Å². The first kappa shape index (κ1) is 93.1. The molecule has 141 heavy (non-hydrogen) atoms. The number of nitrogens with two attached hydrogens (primary N) is 3. The minimum absolute atomic E-state index is 0.0167. The van der Waals surface area contributed by atoms with E-state index in [1.165, 1.54) is 76.7 Å². The fraction of sp³-hybridized carbons (Fsp3) is 0.267. The van der Waals surface area contributed by atoms with Gasteiger partial charge in [0.05, 0.1) is 72.3 Å². The van der Waals surface area contributed by atoms with Crippen LogP contribution in [0.2, 0.25) is 0 Å². The molecule has 8 aromatic heterocycles. The number of aromatic nitrogens is 14. The van der Waals surface area contributed by atoms with Crippen LogP contribution in [-0.2, 0) is 42.3 Å². The summed E-state index contributed by atoms with van der Waals surface area (Å²) in [5.74, 6) is -0.0365. The Hall–Kier alpha value is -16.9. The van der Waals surface area contributed by atoms with E-state index in [4.69, 9.17) is 51.7 Å². The Morgan fingerprint density at radius 2 is 0.908 bits per heavy atom. The fourth-order valence-electron chi connectivity index (χ4n) is 18.8. The molecule has 11 N–H and O–H groups in total. The van der Waals surface area contributed by atoms with E-state index in [9.17, 15) is 46.7 Å². The van der Waals surface area contributed by atoms with Gasteiger partial charge in [-0.25, -0.2) is 67.1 Å². The van der Waals surface area contributed by atoms with Gasteiger partial charge in [0.2, 0.25) is 11.8 Å². The van der Waals surface area contributed by atoms with Crippen molar-refractivity contribution in [3.05, 3.63) is 274 Å². The van der Waals surface area contributed by atoms with Crippen LogP contribution in [0.4, 0.5) is 47.9 Å². The number of aldehydes is 1. The van der Waals surface area contributed by atoms with Gasteiger partial charge in [-0.05, 0) is 151 Å². The van der Waals surface area contributed by atoms with Gasteiger partial charge in [-0.3, -0.25) is 43.8 Å². The highest BCUT2D eigenvalue weighted by molar-refractivity contribution is 6.06. The lowest BCUT2D eigenvalue weighted by Gasteiger charge is -2.36. The average molecular weight is 1910 g/mol. The normalized spacial score (nSPS) is 16.9. The summed E-state index contributed by atoms with van der Waals surface area (Å²) in [4.78, 5) is 133. The number of benzene rings is 7. The third kappa shape index (κ3) is 19.8. The molecule has 0 radical (unpaired) electrons. The van der Waals surface area contributed by atoms with Crippen molar-refractivity contribution in [1.82, 2.24) is 106 Å². The van der Waals surface area contributed by atoms with Crippen molar-refractivity contribution >= 4 is 110 Å². The number of carbonyl (C=O) groups is 7. The van der Waals surface area contributed by atoms with Crippen molar-refractivity contribution in [3.8, 4) is 51.0 Å². The number of rotatable bonds is 25. The second-order valence-corrected chi connectivity index (χ2v) is 34.9. The zero-order chi connectivity index (χ0) is 97.6. The first-order valence-electron chi connectivity index (χ1n) is 46.0. The summed E-state index contributed by atoms with van der Waals surface area (Å²) < 4.78 is 62.5. The molecule has 14 heterocycles. The maximum atomic E-state index is 13.9. The predicted molar refractivity (Wildman–Crippen MR) is 520 cm³/mol. The van der Waals surface area contributed by atoms with Crippen molar-refractivity contribution in [3.63, 3.8) is 0 Å². The summed E-state index contributed by atoms with van der Waals surface area (Å²) in [7, 11) is 4.30. The quantitative estimate of drug-likeness (QED) is 0.0195. The van der Waals surface area contributed by atoms with Gasteiger partial charge < -0.3 is 72.3 Å². The van der Waals surface area contributed by atoms with Crippen molar-refractivity contribution < 1.29 is 60.9 Å². The molecule has 6 aliphatic rings. The third-order valence-electron chi connectivity index (χ3n) is 26.2. The van der Waals surface area contributed by atoms with Gasteiger partial charge >= 0.3 is 0 Å². The monoisotopic (exact) mass is 1910 g/mol. The number of halogens is 3. The lowest BCUT2D eigenvalue weighted by atomic mass is 10.0. The van der Waals surface area contributed by atoms with Gasteiger partial charge in [-0.15, -0.1) is 0 Å². The first-order chi connectivity index (χ1) is 68.6. The molecule has 0 bridgehead atoms. The topological polar surface area (TPSA) is 458 Å². The van der Waals surface area contributed by atoms with Gasteiger partial charge in [-0.1, -0.05) is 78.9 Å². The number of anilines is 6. The molecule has 0 spiro atoms. The summed E-state index contributed by atoms with van der Waals surface area (Å²) in [6.45, 7) is 9.99. The maximum absolute atomic E-state index is 13.9. The summed E-state index contributed by atoms with van der Waals surface area (Å²) in [5.41, 5.74) is 32.8. The van der Waals surface area contributed by atoms with Crippen LogP contribution in [0.25, 0.3) is 66.9 Å². The molecule has 6 amide bonds. The Morgan fingerprint density at radius 1 is 0.468 bits per heavy atom. The molecule has 4 atom stereocenters. The Labute approximate surface area is 805 Å². The standard InChI is InChI=1S/C47H47FN12O5.C30H27FN8O3.C24H24FN7O2/c1-65-38-11-7-32(48)21-36(38)45(62)51-22-28-2-5-30(6-3-28)42-41-43(49)52-27-53-44(41)60(55-42)34-14-15-58(26-34)39-12-4-29(23-50-39)24-56-16-18-57(19-17-56)33-8-9-35-31(20-33)25-59(47(35)64)37-10-13-40(61)54-46(37)63;1-42-24-8-7-21(31)12-23(24)30(41)34-13-18-2-5-20(6-3-18)27-26-28(32)35-17-36-29(26)39(37-27)22-10-11-38(15-22)25-9-4-19(16-40)14-33-25;1-34-19-7-6-16(25)10-18(19)24(33)28-11-14-2-4-15(5-3-14)21-20-22(26)29-13-30-23(20)32(31-21)17-8-9-27-12-17/h2-9,11-12,20-21,23,27,34,37H,10,13-19,22,24-26H2,1H3,(H,51,62)(H2,49,52,53)(H,54,61,63);2-9,12,14,16-17,22H,10-11,13,15H2,1H3,(H,34,41)(H2,32,35,36);2-7,10,13,17,27H,8-9,11-12H2,1H3,(H,28,33)(H2,26,29,30)/t34?,37-;;/m0../s1. The van der Waals surface area contributed by atoms with E-state index in [-0.39, 0.29) is 72.7 Å². The molecular formula is C101H98F3N27O10. The highest BCUT2D eigenvalue weighted by Crippen LogP contribution is 2.41. The SMILES string of the molecule is COc1ccc(F)cc1C(=O)NCc1ccc(-c2nn(C3CCN(c4ccc(C=O)cn4)C3)c3ncnc(N)c23)cc1.COc1ccc(F)cc1C(=O)NCc1ccc(-c2nn(C3CCN(c4ccc(CN5CCN(c6ccc7c(c6)CN([C@H]6CCC(=O)NC6=O)C7=O)CC5)cn4)C3)c3ncnc(N)c23)cc1.COc1ccc(F)cc1C(=O)NCc1ccc(-c2nn(C3CCNC3)c3ncnc(N)c23)cc1. The van der Waals surface area contributed by atoms with Crippen LogP contribution in [0, 0.1) is 17.5 Å². The van der Waals surface area contributed by atoms with E-state index in [0.717, 1.165) is 181 Å². The number of fused-ring (bicyclic) bond motifs is 4. The molecule has 5 fully saturated rings. The number of carbonyl (C=O) groups excluding carboxylic acids is 7. The molecule has 37 nitrogen and oxygen atoms in total. The van der Waals surface area contributed by atoms with E-state index < -0.39 is 47.1 Å². The fourth-order valence-corrected chi connectivity index (χ4v) is 18.8. The number of hydrogen-bond donors (Lipinski definition) is 8. The van der Waals surface area contributed by atoms with Crippen molar-refractivity contribution in [2.45, 2.75) is 89.0 Å². The van der Waals surface area contributed by atoms with E-state index in [1.54, 1.807) is 17.2 Å². The van der Waals surface area contributed by atoms with E-state index in [1.807, 2.05) is 111 Å². The van der Waals surface area contributed by atoms with Crippen LogP contribution in [0.15, 0.2) is 201 Å².